The molecule has 1 aliphatic rings. The highest BCUT2D eigenvalue weighted by atomic mass is 16.2. The van der Waals surface area contributed by atoms with Gasteiger partial charge in [0.05, 0.1) is 7.05 Å². The molecule has 1 aliphatic carbocycles. The van der Waals surface area contributed by atoms with E-state index in [2.05, 4.69) is 41.9 Å². The molecule has 1 unspecified atom stereocenters. The van der Waals surface area contributed by atoms with Crippen molar-refractivity contribution in [2.24, 2.45) is 0 Å². The third kappa shape index (κ3) is 4.49. The molecule has 2 aromatic rings. The van der Waals surface area contributed by atoms with Crippen molar-refractivity contribution in [2.45, 2.75) is 32.2 Å². The van der Waals surface area contributed by atoms with Crippen molar-refractivity contribution in [3.8, 4) is 0 Å². The largest absolute Gasteiger partial charge is 0.326 e. The maximum Gasteiger partial charge on any atom is 0.279 e. The number of likely N-dealkylation sites (N-methyl/N-ethyl adjacent to an activating group) is 1. The van der Waals surface area contributed by atoms with Gasteiger partial charge in [-0.25, -0.2) is 0 Å². The van der Waals surface area contributed by atoms with Gasteiger partial charge in [0.2, 0.25) is 5.91 Å². The Hall–Kier alpha value is -2.66. The van der Waals surface area contributed by atoms with Gasteiger partial charge in [-0.1, -0.05) is 24.3 Å². The zero-order chi connectivity index (χ0) is 18.5. The monoisotopic (exact) mass is 352 g/mol. The van der Waals surface area contributed by atoms with Crippen LogP contribution in [0.4, 0.5) is 11.4 Å². The van der Waals surface area contributed by atoms with Gasteiger partial charge in [0.15, 0.2) is 6.54 Å². The molecule has 3 rings (SSSR count). The Kier molecular flexibility index (Phi) is 5.68. The molecular weight excluding hydrogens is 326 g/mol. The number of benzene rings is 2. The number of amides is 2. The second-order valence-electron chi connectivity index (χ2n) is 6.97. The lowest BCUT2D eigenvalue weighted by molar-refractivity contribution is -0.905. The lowest BCUT2D eigenvalue weighted by Crippen LogP contribution is -3.10. The summed E-state index contributed by atoms with van der Waals surface area (Å²) in [6.07, 6.45) is 3.42. The second kappa shape index (κ2) is 8.15. The number of nitrogens with one attached hydrogen (secondary N) is 3. The van der Waals surface area contributed by atoms with E-state index in [9.17, 15) is 9.59 Å². The Labute approximate surface area is 154 Å². The molecule has 0 aliphatic heterocycles. The Morgan fingerprint density at radius 1 is 1.04 bits per heavy atom. The molecule has 0 aromatic heterocycles. The van der Waals surface area contributed by atoms with E-state index in [0.717, 1.165) is 24.2 Å². The fraction of sp³-hybridized carbons (Fsp3) is 0.333. The first-order chi connectivity index (χ1) is 12.5. The maximum absolute atomic E-state index is 12.4. The third-order valence-electron chi connectivity index (χ3n) is 4.89. The molecule has 0 saturated carbocycles. The molecule has 0 spiro atoms. The van der Waals surface area contributed by atoms with Gasteiger partial charge in [0, 0.05) is 30.3 Å². The molecule has 0 saturated heterocycles. The van der Waals surface area contributed by atoms with Crippen molar-refractivity contribution in [3.05, 3.63) is 59.7 Å². The van der Waals surface area contributed by atoms with Gasteiger partial charge < -0.3 is 15.5 Å². The molecule has 2 atom stereocenters. The van der Waals surface area contributed by atoms with Crippen LogP contribution in [0.25, 0.3) is 0 Å². The first-order valence-electron chi connectivity index (χ1n) is 9.10. The number of carbonyl (C=O) groups is 2. The maximum atomic E-state index is 12.4. The smallest absolute Gasteiger partial charge is 0.279 e. The number of quaternary nitrogens is 1. The van der Waals surface area contributed by atoms with Gasteiger partial charge >= 0.3 is 0 Å². The van der Waals surface area contributed by atoms with Gasteiger partial charge in [0.25, 0.3) is 5.91 Å². The average Bonchev–Trinajstić information content (AvgIpc) is 2.62. The lowest BCUT2D eigenvalue weighted by Gasteiger charge is -2.30. The fourth-order valence-corrected chi connectivity index (χ4v) is 3.69. The Morgan fingerprint density at radius 2 is 1.69 bits per heavy atom. The molecule has 2 amide bonds. The molecule has 0 bridgehead atoms. The van der Waals surface area contributed by atoms with E-state index in [1.807, 2.05) is 0 Å². The van der Waals surface area contributed by atoms with Crippen molar-refractivity contribution in [1.82, 2.24) is 0 Å². The van der Waals surface area contributed by atoms with Crippen LogP contribution in [0.1, 0.15) is 36.9 Å². The van der Waals surface area contributed by atoms with E-state index < -0.39 is 0 Å². The summed E-state index contributed by atoms with van der Waals surface area (Å²) in [5.41, 5.74) is 4.25. The van der Waals surface area contributed by atoms with Crippen LogP contribution in [0.3, 0.4) is 0 Å². The molecule has 2 aromatic carbocycles. The molecule has 5 heteroatoms. The standard InChI is InChI=1S/C21H25N3O2/c1-15(25)22-17-10-12-18(13-11-17)23-21(26)14-24(2)20-9-5-7-16-6-3-4-8-19(16)20/h3-4,6,8,10-13,20H,5,7,9,14H2,1-2H3,(H,22,25)(H,23,26)/p+1/t20-/m1/s1. The number of carbonyl (C=O) groups excluding carboxylic acids is 2. The summed E-state index contributed by atoms with van der Waals surface area (Å²) in [7, 11) is 2.09. The predicted molar refractivity (Wildman–Crippen MR) is 103 cm³/mol. The number of anilines is 2. The topological polar surface area (TPSA) is 62.6 Å². The minimum absolute atomic E-state index is 0.00201. The zero-order valence-corrected chi connectivity index (χ0v) is 15.3. The SMILES string of the molecule is CC(=O)Nc1ccc(NC(=O)C[NH+](C)[C@@H]2CCCc3ccccc32)cc1. The number of aryl methyl sites for hydroxylation is 1. The van der Waals surface area contributed by atoms with Crippen molar-refractivity contribution in [1.29, 1.82) is 0 Å². The van der Waals surface area contributed by atoms with E-state index in [1.54, 1.807) is 24.3 Å². The molecule has 0 heterocycles. The molecule has 3 N–H and O–H groups in total. The highest BCUT2D eigenvalue weighted by Crippen LogP contribution is 2.27. The summed E-state index contributed by atoms with van der Waals surface area (Å²) < 4.78 is 0. The molecule has 26 heavy (non-hydrogen) atoms. The first kappa shape index (κ1) is 18.1. The van der Waals surface area contributed by atoms with E-state index in [1.165, 1.54) is 29.4 Å². The number of rotatable bonds is 5. The van der Waals surface area contributed by atoms with E-state index in [0.29, 0.717) is 12.6 Å². The van der Waals surface area contributed by atoms with Crippen LogP contribution in [-0.4, -0.2) is 25.4 Å². The van der Waals surface area contributed by atoms with E-state index in [4.69, 9.17) is 0 Å². The summed E-state index contributed by atoms with van der Waals surface area (Å²) in [4.78, 5) is 24.7. The summed E-state index contributed by atoms with van der Waals surface area (Å²) in [6.45, 7) is 1.89. The van der Waals surface area contributed by atoms with Gasteiger partial charge in [-0.2, -0.15) is 0 Å². The van der Waals surface area contributed by atoms with Crippen molar-refractivity contribution in [3.63, 3.8) is 0 Å². The summed E-state index contributed by atoms with van der Waals surface area (Å²) in [6, 6.07) is 16.1. The van der Waals surface area contributed by atoms with E-state index in [-0.39, 0.29) is 11.8 Å². The second-order valence-corrected chi connectivity index (χ2v) is 6.97. The molecule has 5 nitrogen and oxygen atoms in total. The van der Waals surface area contributed by atoms with Crippen LogP contribution in [0.15, 0.2) is 48.5 Å². The lowest BCUT2D eigenvalue weighted by atomic mass is 9.87. The van der Waals surface area contributed by atoms with Crippen molar-refractivity contribution >= 4 is 23.2 Å². The van der Waals surface area contributed by atoms with Crippen LogP contribution >= 0.6 is 0 Å². The van der Waals surface area contributed by atoms with Crippen molar-refractivity contribution < 1.29 is 14.5 Å². The minimum atomic E-state index is -0.111. The number of fused-ring (bicyclic) bond motifs is 1. The van der Waals surface area contributed by atoms with Crippen LogP contribution in [0.5, 0.6) is 0 Å². The number of hydrogen-bond acceptors (Lipinski definition) is 2. The van der Waals surface area contributed by atoms with Gasteiger partial charge in [0.1, 0.15) is 6.04 Å². The first-order valence-corrected chi connectivity index (χ1v) is 9.10. The molecule has 136 valence electrons. The van der Waals surface area contributed by atoms with Crippen LogP contribution in [-0.2, 0) is 16.0 Å². The quantitative estimate of drug-likeness (QED) is 0.772. The number of hydrogen-bond donors (Lipinski definition) is 3. The van der Waals surface area contributed by atoms with Crippen LogP contribution in [0, 0.1) is 0 Å². The summed E-state index contributed by atoms with van der Waals surface area (Å²) in [5, 5.41) is 5.66. The summed E-state index contributed by atoms with van der Waals surface area (Å²) >= 11 is 0. The Morgan fingerprint density at radius 3 is 2.38 bits per heavy atom. The molecular formula is C21H26N3O2+. The zero-order valence-electron chi connectivity index (χ0n) is 15.3. The predicted octanol–water partition coefficient (Wildman–Crippen LogP) is 2.18. The third-order valence-corrected chi connectivity index (χ3v) is 4.89. The van der Waals surface area contributed by atoms with Gasteiger partial charge in [-0.3, -0.25) is 9.59 Å². The fourth-order valence-electron chi connectivity index (χ4n) is 3.69. The van der Waals surface area contributed by atoms with Crippen LogP contribution in [0.2, 0.25) is 0 Å². The Balaban J connectivity index is 1.59. The van der Waals surface area contributed by atoms with Gasteiger partial charge in [-0.05, 0) is 42.7 Å². The van der Waals surface area contributed by atoms with Crippen LogP contribution < -0.4 is 15.5 Å². The average molecular weight is 352 g/mol. The van der Waals surface area contributed by atoms with Gasteiger partial charge in [-0.15, -0.1) is 0 Å². The molecule has 0 radical (unpaired) electrons. The normalized spacial score (nSPS) is 17.1. The van der Waals surface area contributed by atoms with Crippen molar-refractivity contribution in [2.75, 3.05) is 24.2 Å². The Bertz CT molecular complexity index is 786. The highest BCUT2D eigenvalue weighted by molar-refractivity contribution is 5.92. The van der Waals surface area contributed by atoms with E-state index >= 15 is 0 Å². The minimum Gasteiger partial charge on any atom is -0.326 e. The summed E-state index contributed by atoms with van der Waals surface area (Å²) in [5.74, 6) is -0.113. The molecule has 0 fully saturated rings. The highest BCUT2D eigenvalue weighted by Gasteiger charge is 2.27.